The fourth-order valence-electron chi connectivity index (χ4n) is 2.84. The van der Waals surface area contributed by atoms with E-state index < -0.39 is 26.6 Å². The molecule has 32 heavy (non-hydrogen) atoms. The van der Waals surface area contributed by atoms with Crippen molar-refractivity contribution in [2.24, 2.45) is 0 Å². The highest BCUT2D eigenvalue weighted by atomic mass is 35.5. The van der Waals surface area contributed by atoms with E-state index in [1.165, 1.54) is 43.4 Å². The highest BCUT2D eigenvalue weighted by molar-refractivity contribution is 7.92. The first-order valence-corrected chi connectivity index (χ1v) is 11.1. The molecule has 0 fully saturated rings. The third-order valence-electron chi connectivity index (χ3n) is 4.93. The van der Waals surface area contributed by atoms with Gasteiger partial charge in [0.25, 0.3) is 15.7 Å². The van der Waals surface area contributed by atoms with Crippen molar-refractivity contribution in [3.05, 3.63) is 92.5 Å². The lowest BCUT2D eigenvalue weighted by Gasteiger charge is -2.20. The fraction of sp³-hybridized carbons (Fsp3) is 0.136. The van der Waals surface area contributed by atoms with E-state index >= 15 is 0 Å². The molecule has 0 aliphatic heterocycles. The molecule has 0 spiro atoms. The molecule has 0 atom stereocenters. The van der Waals surface area contributed by atoms with Crippen molar-refractivity contribution in [2.75, 3.05) is 11.4 Å². The Balaban J connectivity index is 1.78. The quantitative estimate of drug-likeness (QED) is 0.217. The SMILES string of the molecule is Cc1ccc(S(=O)(=O)N(C)c2ccc(OC(=O)c3ccc(Cl)c([N+](=O)[O-])c3)cc2)cc1C. The molecule has 8 nitrogen and oxygen atoms in total. The normalized spacial score (nSPS) is 11.1. The maximum atomic E-state index is 12.9. The predicted octanol–water partition coefficient (Wildman–Crippen LogP) is 4.91. The number of ether oxygens (including phenoxy) is 1. The number of aryl methyl sites for hydroxylation is 2. The summed E-state index contributed by atoms with van der Waals surface area (Å²) in [5, 5.41) is 10.9. The molecule has 0 heterocycles. The van der Waals surface area contributed by atoms with Crippen LogP contribution in [0.5, 0.6) is 5.75 Å². The lowest BCUT2D eigenvalue weighted by Crippen LogP contribution is -2.26. The first-order chi connectivity index (χ1) is 15.0. The van der Waals surface area contributed by atoms with Crippen LogP contribution >= 0.6 is 11.6 Å². The van der Waals surface area contributed by atoms with E-state index in [1.54, 1.807) is 18.2 Å². The van der Waals surface area contributed by atoms with E-state index in [0.717, 1.165) is 21.5 Å². The fourth-order valence-corrected chi connectivity index (χ4v) is 4.31. The van der Waals surface area contributed by atoms with Gasteiger partial charge in [-0.2, -0.15) is 0 Å². The summed E-state index contributed by atoms with van der Waals surface area (Å²) in [6.45, 7) is 3.74. The zero-order valence-corrected chi connectivity index (χ0v) is 19.0. The molecule has 0 amide bonds. The molecule has 0 aliphatic carbocycles. The lowest BCUT2D eigenvalue weighted by atomic mass is 10.1. The number of halogens is 1. The van der Waals surface area contributed by atoms with Gasteiger partial charge in [0.15, 0.2) is 0 Å². The Hall–Kier alpha value is -3.43. The molecule has 0 unspecified atom stereocenters. The van der Waals surface area contributed by atoms with Gasteiger partial charge >= 0.3 is 5.97 Å². The monoisotopic (exact) mass is 474 g/mol. The van der Waals surface area contributed by atoms with Gasteiger partial charge in [0.2, 0.25) is 0 Å². The van der Waals surface area contributed by atoms with Crippen LogP contribution in [0.2, 0.25) is 5.02 Å². The summed E-state index contributed by atoms with van der Waals surface area (Å²) < 4.78 is 32.2. The van der Waals surface area contributed by atoms with Gasteiger partial charge in [-0.15, -0.1) is 0 Å². The number of carbonyl (C=O) groups is 1. The zero-order chi connectivity index (χ0) is 23.6. The van der Waals surface area contributed by atoms with Gasteiger partial charge in [0.05, 0.1) is 21.1 Å². The van der Waals surface area contributed by atoms with Crippen molar-refractivity contribution in [3.63, 3.8) is 0 Å². The van der Waals surface area contributed by atoms with E-state index in [-0.39, 0.29) is 21.2 Å². The van der Waals surface area contributed by atoms with Crippen LogP contribution in [-0.4, -0.2) is 26.4 Å². The number of hydrogen-bond acceptors (Lipinski definition) is 6. The number of nitro groups is 1. The van der Waals surface area contributed by atoms with E-state index in [4.69, 9.17) is 16.3 Å². The molecular weight excluding hydrogens is 456 g/mol. The second-order valence-electron chi connectivity index (χ2n) is 7.03. The third kappa shape index (κ3) is 4.74. The summed E-state index contributed by atoms with van der Waals surface area (Å²) in [4.78, 5) is 22.8. The topological polar surface area (TPSA) is 107 Å². The number of hydrogen-bond donors (Lipinski definition) is 0. The van der Waals surface area contributed by atoms with Crippen LogP contribution in [0.25, 0.3) is 0 Å². The number of sulfonamides is 1. The minimum atomic E-state index is -3.78. The van der Waals surface area contributed by atoms with Gasteiger partial charge in [-0.25, -0.2) is 13.2 Å². The molecule has 0 bridgehead atoms. The number of anilines is 1. The second kappa shape index (κ2) is 8.97. The molecule has 3 aromatic carbocycles. The van der Waals surface area contributed by atoms with Gasteiger partial charge in [-0.1, -0.05) is 17.7 Å². The summed E-state index contributed by atoms with van der Waals surface area (Å²) >= 11 is 5.75. The van der Waals surface area contributed by atoms with Crippen molar-refractivity contribution < 1.29 is 22.9 Å². The summed E-state index contributed by atoms with van der Waals surface area (Å²) in [6.07, 6.45) is 0. The Bertz CT molecular complexity index is 1310. The number of carbonyl (C=O) groups excluding carboxylic acids is 1. The van der Waals surface area contributed by atoms with Gasteiger partial charge in [0.1, 0.15) is 10.8 Å². The van der Waals surface area contributed by atoms with Gasteiger partial charge < -0.3 is 4.74 Å². The molecule has 0 N–H and O–H groups in total. The summed E-state index contributed by atoms with van der Waals surface area (Å²) in [7, 11) is -2.35. The molecule has 0 aromatic heterocycles. The van der Waals surface area contributed by atoms with Crippen molar-refractivity contribution in [3.8, 4) is 5.75 Å². The smallest absolute Gasteiger partial charge is 0.343 e. The minimum absolute atomic E-state index is 0.0420. The Morgan fingerprint density at radius 3 is 2.25 bits per heavy atom. The maximum Gasteiger partial charge on any atom is 0.343 e. The highest BCUT2D eigenvalue weighted by Crippen LogP contribution is 2.28. The van der Waals surface area contributed by atoms with Crippen molar-refractivity contribution in [2.45, 2.75) is 18.7 Å². The molecule has 10 heteroatoms. The number of rotatable bonds is 6. The average Bonchev–Trinajstić information content (AvgIpc) is 2.75. The summed E-state index contributed by atoms with van der Waals surface area (Å²) in [5.74, 6) is -0.665. The largest absolute Gasteiger partial charge is 0.423 e. The molecule has 3 rings (SSSR count). The Labute approximate surface area is 190 Å². The van der Waals surface area contributed by atoms with Crippen LogP contribution in [0.1, 0.15) is 21.5 Å². The number of esters is 1. The molecule has 0 aliphatic rings. The number of nitrogens with zero attached hydrogens (tertiary/aromatic N) is 2. The number of nitro benzene ring substituents is 1. The molecular formula is C22H19ClN2O6S. The summed E-state index contributed by atoms with van der Waals surface area (Å²) in [5.41, 5.74) is 1.77. The zero-order valence-electron chi connectivity index (χ0n) is 17.4. The van der Waals surface area contributed by atoms with Gasteiger partial charge in [0, 0.05) is 13.1 Å². The average molecular weight is 475 g/mol. The van der Waals surface area contributed by atoms with E-state index in [0.29, 0.717) is 5.69 Å². The Morgan fingerprint density at radius 2 is 1.66 bits per heavy atom. The van der Waals surface area contributed by atoms with Crippen LogP contribution in [0.4, 0.5) is 11.4 Å². The first kappa shape index (κ1) is 23.2. The van der Waals surface area contributed by atoms with Gasteiger partial charge in [-0.3, -0.25) is 14.4 Å². The number of benzene rings is 3. The van der Waals surface area contributed by atoms with Crippen LogP contribution in [0.15, 0.2) is 65.6 Å². The standard InChI is InChI=1S/C22H19ClN2O6S/c1-14-4-10-19(12-15(14)2)32(29,30)24(3)17-6-8-18(9-7-17)31-22(26)16-5-11-20(23)21(13-16)25(27)28/h4-13H,1-3H3. The van der Waals surface area contributed by atoms with E-state index in [9.17, 15) is 23.3 Å². The van der Waals surface area contributed by atoms with Crippen LogP contribution < -0.4 is 9.04 Å². The Morgan fingerprint density at radius 1 is 1.00 bits per heavy atom. The second-order valence-corrected chi connectivity index (χ2v) is 9.40. The molecule has 0 saturated carbocycles. The van der Waals surface area contributed by atoms with Crippen molar-refractivity contribution in [1.82, 2.24) is 0 Å². The van der Waals surface area contributed by atoms with Crippen LogP contribution in [0, 0.1) is 24.0 Å². The van der Waals surface area contributed by atoms with Crippen molar-refractivity contribution >= 4 is 39.0 Å². The van der Waals surface area contributed by atoms with Crippen molar-refractivity contribution in [1.29, 1.82) is 0 Å². The molecule has 3 aromatic rings. The summed E-state index contributed by atoms with van der Waals surface area (Å²) in [6, 6.07) is 14.4. The Kier molecular flexibility index (Phi) is 6.52. The molecule has 0 radical (unpaired) electrons. The van der Waals surface area contributed by atoms with E-state index in [2.05, 4.69) is 0 Å². The minimum Gasteiger partial charge on any atom is -0.423 e. The predicted molar refractivity (Wildman–Crippen MR) is 121 cm³/mol. The molecule has 166 valence electrons. The first-order valence-electron chi connectivity index (χ1n) is 9.33. The van der Waals surface area contributed by atoms with Gasteiger partial charge in [-0.05, 0) is 73.5 Å². The highest BCUT2D eigenvalue weighted by Gasteiger charge is 2.22. The van der Waals surface area contributed by atoms with Crippen LogP contribution in [0.3, 0.4) is 0 Å². The third-order valence-corrected chi connectivity index (χ3v) is 7.03. The maximum absolute atomic E-state index is 12.9. The van der Waals surface area contributed by atoms with Crippen LogP contribution in [-0.2, 0) is 10.0 Å². The van der Waals surface area contributed by atoms with E-state index in [1.807, 2.05) is 13.8 Å². The lowest BCUT2D eigenvalue weighted by molar-refractivity contribution is -0.384. The molecule has 0 saturated heterocycles.